The van der Waals surface area contributed by atoms with Gasteiger partial charge in [0, 0.05) is 35.3 Å². The number of nitrogens with one attached hydrogen (secondary N) is 1. The Kier molecular flexibility index (Phi) is 4.31. The number of hydrogen-bond donors (Lipinski definition) is 2. The molecule has 1 aliphatic rings. The van der Waals surface area contributed by atoms with Crippen LogP contribution in [0, 0.1) is 5.92 Å². The topological polar surface area (TPSA) is 68.0 Å². The number of thiazole rings is 1. The first-order valence-electron chi connectivity index (χ1n) is 7.28. The van der Waals surface area contributed by atoms with Crippen LogP contribution in [0.2, 0.25) is 0 Å². The maximum atomic E-state index is 12.1. The van der Waals surface area contributed by atoms with Crippen LogP contribution in [0.15, 0.2) is 35.8 Å². The number of nitrogens with two attached hydrogens (primary N) is 1. The zero-order valence-electron chi connectivity index (χ0n) is 11.8. The van der Waals surface area contributed by atoms with Crippen LogP contribution in [0.1, 0.15) is 25.7 Å². The maximum absolute atomic E-state index is 12.1. The molecule has 1 saturated carbocycles. The predicted octanol–water partition coefficient (Wildman–Crippen LogP) is 3.27. The molecule has 4 nitrogen and oxygen atoms in total. The van der Waals surface area contributed by atoms with Crippen LogP contribution in [-0.2, 0) is 4.79 Å². The molecule has 0 aliphatic heterocycles. The molecule has 0 radical (unpaired) electrons. The van der Waals surface area contributed by atoms with Crippen molar-refractivity contribution in [3.8, 4) is 10.6 Å². The number of hydrogen-bond acceptors (Lipinski definition) is 4. The molecule has 110 valence electrons. The molecule has 0 bridgehead atoms. The molecule has 1 amide bonds. The molecule has 1 aliphatic carbocycles. The highest BCUT2D eigenvalue weighted by Crippen LogP contribution is 2.28. The Labute approximate surface area is 128 Å². The average molecular weight is 301 g/mol. The van der Waals surface area contributed by atoms with E-state index in [2.05, 4.69) is 10.3 Å². The van der Waals surface area contributed by atoms with E-state index in [1.54, 1.807) is 17.5 Å². The second-order valence-corrected chi connectivity index (χ2v) is 6.42. The molecular formula is C16H19N3OS. The normalized spacial score (nSPS) is 21.4. The van der Waals surface area contributed by atoms with E-state index in [0.717, 1.165) is 35.5 Å². The minimum absolute atomic E-state index is 0.0497. The van der Waals surface area contributed by atoms with Gasteiger partial charge in [0.25, 0.3) is 0 Å². The molecule has 0 spiro atoms. The summed E-state index contributed by atoms with van der Waals surface area (Å²) in [6, 6.07) is 7.99. The smallest absolute Gasteiger partial charge is 0.224 e. The molecule has 3 rings (SSSR count). The van der Waals surface area contributed by atoms with E-state index in [1.807, 2.05) is 29.6 Å². The zero-order valence-corrected chi connectivity index (χ0v) is 12.6. The fourth-order valence-corrected chi connectivity index (χ4v) is 3.50. The summed E-state index contributed by atoms with van der Waals surface area (Å²) in [5.41, 5.74) is 7.87. The van der Waals surface area contributed by atoms with E-state index < -0.39 is 0 Å². The zero-order chi connectivity index (χ0) is 14.7. The standard InChI is InChI=1S/C16H19N3OS/c17-14-6-2-3-11(14)10-15(20)19-13-5-1-4-12(9-13)16-18-7-8-21-16/h1,4-5,7-9,11,14H,2-3,6,10,17H2,(H,19,20)/t11-,14+/m0/s1. The Morgan fingerprint density at radius 2 is 2.33 bits per heavy atom. The van der Waals surface area contributed by atoms with Crippen molar-refractivity contribution in [1.29, 1.82) is 0 Å². The van der Waals surface area contributed by atoms with Crippen LogP contribution >= 0.6 is 11.3 Å². The monoisotopic (exact) mass is 301 g/mol. The lowest BCUT2D eigenvalue weighted by Crippen LogP contribution is -2.28. The third kappa shape index (κ3) is 3.49. The van der Waals surface area contributed by atoms with Crippen molar-refractivity contribution in [2.24, 2.45) is 11.7 Å². The molecule has 1 aromatic heterocycles. The van der Waals surface area contributed by atoms with Gasteiger partial charge in [-0.05, 0) is 30.9 Å². The maximum Gasteiger partial charge on any atom is 0.224 e. The number of rotatable bonds is 4. The highest BCUT2D eigenvalue weighted by molar-refractivity contribution is 7.13. The van der Waals surface area contributed by atoms with Gasteiger partial charge in [-0.2, -0.15) is 0 Å². The lowest BCUT2D eigenvalue weighted by Gasteiger charge is -2.15. The number of anilines is 1. The van der Waals surface area contributed by atoms with Crippen molar-refractivity contribution in [3.05, 3.63) is 35.8 Å². The van der Waals surface area contributed by atoms with Crippen molar-refractivity contribution in [1.82, 2.24) is 4.98 Å². The second-order valence-electron chi connectivity index (χ2n) is 5.53. The fraction of sp³-hybridized carbons (Fsp3) is 0.375. The quantitative estimate of drug-likeness (QED) is 0.910. The summed E-state index contributed by atoms with van der Waals surface area (Å²) >= 11 is 1.59. The van der Waals surface area contributed by atoms with Crippen LogP contribution in [0.5, 0.6) is 0 Å². The molecule has 5 heteroatoms. The van der Waals surface area contributed by atoms with E-state index in [4.69, 9.17) is 5.73 Å². The summed E-state index contributed by atoms with van der Waals surface area (Å²) in [5, 5.41) is 5.88. The van der Waals surface area contributed by atoms with Crippen LogP contribution in [0.25, 0.3) is 10.6 Å². The van der Waals surface area contributed by atoms with E-state index >= 15 is 0 Å². The van der Waals surface area contributed by atoms with Crippen molar-refractivity contribution >= 4 is 22.9 Å². The molecule has 2 aromatic rings. The molecule has 1 aromatic carbocycles. The molecule has 2 atom stereocenters. The number of benzene rings is 1. The van der Waals surface area contributed by atoms with Crippen LogP contribution in [0.3, 0.4) is 0 Å². The summed E-state index contributed by atoms with van der Waals surface area (Å²) in [4.78, 5) is 16.4. The first kappa shape index (κ1) is 14.2. The number of amides is 1. The van der Waals surface area contributed by atoms with E-state index in [0.29, 0.717) is 12.3 Å². The number of carbonyl (C=O) groups excluding carboxylic acids is 1. The van der Waals surface area contributed by atoms with Crippen LogP contribution < -0.4 is 11.1 Å². The highest BCUT2D eigenvalue weighted by Gasteiger charge is 2.26. The molecule has 1 heterocycles. The van der Waals surface area contributed by atoms with Crippen molar-refractivity contribution in [3.63, 3.8) is 0 Å². The Balaban J connectivity index is 1.65. The van der Waals surface area contributed by atoms with Gasteiger partial charge in [0.15, 0.2) is 0 Å². The molecule has 0 saturated heterocycles. The van der Waals surface area contributed by atoms with Gasteiger partial charge in [0.05, 0.1) is 0 Å². The van der Waals surface area contributed by atoms with Crippen molar-refractivity contribution in [2.75, 3.05) is 5.32 Å². The third-order valence-electron chi connectivity index (χ3n) is 3.99. The van der Waals surface area contributed by atoms with E-state index in [9.17, 15) is 4.79 Å². The lowest BCUT2D eigenvalue weighted by molar-refractivity contribution is -0.117. The number of carbonyl (C=O) groups is 1. The van der Waals surface area contributed by atoms with Crippen LogP contribution in [0.4, 0.5) is 5.69 Å². The third-order valence-corrected chi connectivity index (χ3v) is 4.81. The highest BCUT2D eigenvalue weighted by atomic mass is 32.1. The van der Waals surface area contributed by atoms with Gasteiger partial charge >= 0.3 is 0 Å². The van der Waals surface area contributed by atoms with Crippen molar-refractivity contribution < 1.29 is 4.79 Å². The second kappa shape index (κ2) is 6.37. The minimum Gasteiger partial charge on any atom is -0.327 e. The molecule has 1 fully saturated rings. The Morgan fingerprint density at radius 1 is 1.43 bits per heavy atom. The molecular weight excluding hydrogens is 282 g/mol. The predicted molar refractivity (Wildman–Crippen MR) is 86.1 cm³/mol. The summed E-state index contributed by atoms with van der Waals surface area (Å²) in [6.07, 6.45) is 5.54. The minimum atomic E-state index is 0.0497. The summed E-state index contributed by atoms with van der Waals surface area (Å²) in [5.74, 6) is 0.376. The summed E-state index contributed by atoms with van der Waals surface area (Å²) in [6.45, 7) is 0. The van der Waals surface area contributed by atoms with E-state index in [1.165, 1.54) is 0 Å². The Hall–Kier alpha value is -1.72. The molecule has 3 N–H and O–H groups in total. The summed E-state index contributed by atoms with van der Waals surface area (Å²) in [7, 11) is 0. The molecule has 0 unspecified atom stereocenters. The van der Waals surface area contributed by atoms with Gasteiger partial charge in [0.2, 0.25) is 5.91 Å². The summed E-state index contributed by atoms with van der Waals surface area (Å²) < 4.78 is 0. The van der Waals surface area contributed by atoms with Gasteiger partial charge < -0.3 is 11.1 Å². The first-order valence-corrected chi connectivity index (χ1v) is 8.16. The largest absolute Gasteiger partial charge is 0.327 e. The molecule has 21 heavy (non-hydrogen) atoms. The Morgan fingerprint density at radius 3 is 3.05 bits per heavy atom. The SMILES string of the molecule is N[C@@H]1CCC[C@H]1CC(=O)Nc1cccc(-c2nccs2)c1. The van der Waals surface area contributed by atoms with Gasteiger partial charge in [-0.25, -0.2) is 4.98 Å². The lowest BCUT2D eigenvalue weighted by atomic mass is 10.00. The van der Waals surface area contributed by atoms with Crippen LogP contribution in [-0.4, -0.2) is 16.9 Å². The number of aromatic nitrogens is 1. The van der Waals surface area contributed by atoms with Gasteiger partial charge in [-0.3, -0.25) is 4.79 Å². The van der Waals surface area contributed by atoms with Gasteiger partial charge in [-0.1, -0.05) is 18.6 Å². The fourth-order valence-electron chi connectivity index (χ4n) is 2.87. The van der Waals surface area contributed by atoms with Gasteiger partial charge in [-0.15, -0.1) is 11.3 Å². The first-order chi connectivity index (χ1) is 10.2. The Bertz CT molecular complexity index is 612. The van der Waals surface area contributed by atoms with Crippen molar-refractivity contribution in [2.45, 2.75) is 31.7 Å². The average Bonchev–Trinajstić information content (AvgIpc) is 3.12. The van der Waals surface area contributed by atoms with E-state index in [-0.39, 0.29) is 11.9 Å². The van der Waals surface area contributed by atoms with Gasteiger partial charge in [0.1, 0.15) is 5.01 Å². The number of nitrogens with zero attached hydrogens (tertiary/aromatic N) is 1.